The van der Waals surface area contributed by atoms with E-state index >= 15 is 0 Å². The standard InChI is InChI=1S/C11H11N3O/c15-10(11-13-5-2-6-14-11)7-9-3-1-4-12-8-9/h1-6,8,10,15H,7H2. The average Bonchev–Trinajstić information content (AvgIpc) is 2.31. The van der Waals surface area contributed by atoms with Gasteiger partial charge in [0.05, 0.1) is 0 Å². The molecule has 2 rings (SSSR count). The molecule has 0 spiro atoms. The monoisotopic (exact) mass is 201 g/mol. The van der Waals surface area contributed by atoms with Crippen LogP contribution in [-0.2, 0) is 6.42 Å². The average molecular weight is 201 g/mol. The van der Waals surface area contributed by atoms with Crippen molar-refractivity contribution >= 4 is 0 Å². The number of nitrogens with zero attached hydrogens (tertiary/aromatic N) is 3. The molecule has 0 aliphatic heterocycles. The molecule has 0 fully saturated rings. The molecule has 1 N–H and O–H groups in total. The normalized spacial score (nSPS) is 12.3. The Labute approximate surface area is 87.7 Å². The minimum atomic E-state index is -0.671. The molecular formula is C11H11N3O. The molecule has 15 heavy (non-hydrogen) atoms. The van der Waals surface area contributed by atoms with Gasteiger partial charge in [0.15, 0.2) is 5.82 Å². The fourth-order valence-corrected chi connectivity index (χ4v) is 1.32. The lowest BCUT2D eigenvalue weighted by Gasteiger charge is -2.07. The maximum Gasteiger partial charge on any atom is 0.157 e. The predicted molar refractivity (Wildman–Crippen MR) is 54.9 cm³/mol. The molecule has 0 aromatic carbocycles. The number of aliphatic hydroxyl groups is 1. The molecule has 0 aliphatic carbocycles. The fourth-order valence-electron chi connectivity index (χ4n) is 1.32. The smallest absolute Gasteiger partial charge is 0.157 e. The number of hydrogen-bond donors (Lipinski definition) is 1. The summed E-state index contributed by atoms with van der Waals surface area (Å²) < 4.78 is 0. The Morgan fingerprint density at radius 1 is 1.13 bits per heavy atom. The maximum absolute atomic E-state index is 9.82. The van der Waals surface area contributed by atoms with Gasteiger partial charge in [0, 0.05) is 31.2 Å². The van der Waals surface area contributed by atoms with E-state index in [0.717, 1.165) is 5.56 Å². The van der Waals surface area contributed by atoms with Gasteiger partial charge in [-0.1, -0.05) is 6.07 Å². The second kappa shape index (κ2) is 4.61. The first-order valence-corrected chi connectivity index (χ1v) is 4.70. The van der Waals surface area contributed by atoms with Crippen LogP contribution in [-0.4, -0.2) is 20.1 Å². The summed E-state index contributed by atoms with van der Waals surface area (Å²) in [5.41, 5.74) is 0.970. The van der Waals surface area contributed by atoms with E-state index in [-0.39, 0.29) is 0 Å². The van der Waals surface area contributed by atoms with Gasteiger partial charge in [0.25, 0.3) is 0 Å². The minimum absolute atomic E-state index is 0.446. The van der Waals surface area contributed by atoms with Crippen molar-refractivity contribution in [2.45, 2.75) is 12.5 Å². The largest absolute Gasteiger partial charge is 0.385 e. The quantitative estimate of drug-likeness (QED) is 0.809. The summed E-state index contributed by atoms with van der Waals surface area (Å²) in [4.78, 5) is 12.0. The van der Waals surface area contributed by atoms with Gasteiger partial charge in [-0.3, -0.25) is 4.98 Å². The van der Waals surface area contributed by atoms with Gasteiger partial charge in [0.1, 0.15) is 6.10 Å². The number of aliphatic hydroxyl groups excluding tert-OH is 1. The third-order valence-corrected chi connectivity index (χ3v) is 2.04. The SMILES string of the molecule is OC(Cc1cccnc1)c1ncccn1. The van der Waals surface area contributed by atoms with Crippen LogP contribution < -0.4 is 0 Å². The molecule has 4 nitrogen and oxygen atoms in total. The van der Waals surface area contributed by atoms with Crippen LogP contribution in [0.3, 0.4) is 0 Å². The van der Waals surface area contributed by atoms with E-state index in [0.29, 0.717) is 12.2 Å². The summed E-state index contributed by atoms with van der Waals surface area (Å²) in [5.74, 6) is 0.446. The van der Waals surface area contributed by atoms with Gasteiger partial charge in [0.2, 0.25) is 0 Å². The fraction of sp³-hybridized carbons (Fsp3) is 0.182. The van der Waals surface area contributed by atoms with E-state index < -0.39 is 6.10 Å². The summed E-state index contributed by atoms with van der Waals surface area (Å²) in [6.45, 7) is 0. The lowest BCUT2D eigenvalue weighted by molar-refractivity contribution is 0.168. The highest BCUT2D eigenvalue weighted by atomic mass is 16.3. The van der Waals surface area contributed by atoms with Crippen LogP contribution in [0.4, 0.5) is 0 Å². The zero-order chi connectivity index (χ0) is 10.5. The molecule has 0 aliphatic rings. The van der Waals surface area contributed by atoms with E-state index in [1.54, 1.807) is 30.9 Å². The summed E-state index contributed by atoms with van der Waals surface area (Å²) in [7, 11) is 0. The lowest BCUT2D eigenvalue weighted by Crippen LogP contribution is -2.06. The molecule has 0 amide bonds. The van der Waals surface area contributed by atoms with E-state index in [1.165, 1.54) is 0 Å². The van der Waals surface area contributed by atoms with Gasteiger partial charge < -0.3 is 5.11 Å². The van der Waals surface area contributed by atoms with Crippen molar-refractivity contribution in [2.24, 2.45) is 0 Å². The molecule has 1 unspecified atom stereocenters. The summed E-state index contributed by atoms with van der Waals surface area (Å²) in [6.07, 6.45) is 6.48. The Kier molecular flexibility index (Phi) is 2.99. The van der Waals surface area contributed by atoms with Crippen molar-refractivity contribution in [3.8, 4) is 0 Å². The topological polar surface area (TPSA) is 58.9 Å². The van der Waals surface area contributed by atoms with Crippen molar-refractivity contribution in [3.63, 3.8) is 0 Å². The summed E-state index contributed by atoms with van der Waals surface area (Å²) in [6, 6.07) is 5.48. The number of aromatic nitrogens is 3. The lowest BCUT2D eigenvalue weighted by atomic mass is 10.1. The van der Waals surface area contributed by atoms with Gasteiger partial charge >= 0.3 is 0 Å². The van der Waals surface area contributed by atoms with E-state index in [4.69, 9.17) is 0 Å². The Morgan fingerprint density at radius 3 is 2.60 bits per heavy atom. The van der Waals surface area contributed by atoms with Crippen LogP contribution in [0, 0.1) is 0 Å². The highest BCUT2D eigenvalue weighted by Gasteiger charge is 2.10. The third kappa shape index (κ3) is 2.57. The van der Waals surface area contributed by atoms with Crippen LogP contribution in [0.5, 0.6) is 0 Å². The second-order valence-corrected chi connectivity index (χ2v) is 3.19. The molecule has 1 atom stereocenters. The Bertz CT molecular complexity index is 405. The molecule has 0 saturated carbocycles. The zero-order valence-electron chi connectivity index (χ0n) is 8.11. The molecule has 2 aromatic rings. The molecular weight excluding hydrogens is 190 g/mol. The molecule has 76 valence electrons. The summed E-state index contributed by atoms with van der Waals surface area (Å²) in [5, 5.41) is 9.82. The van der Waals surface area contributed by atoms with Crippen LogP contribution >= 0.6 is 0 Å². The van der Waals surface area contributed by atoms with Crippen molar-refractivity contribution in [1.29, 1.82) is 0 Å². The van der Waals surface area contributed by atoms with Crippen molar-refractivity contribution in [2.75, 3.05) is 0 Å². The number of hydrogen-bond acceptors (Lipinski definition) is 4. The first-order valence-electron chi connectivity index (χ1n) is 4.70. The molecule has 0 bridgehead atoms. The van der Waals surface area contributed by atoms with E-state index in [1.807, 2.05) is 12.1 Å². The molecule has 2 heterocycles. The molecule has 0 saturated heterocycles. The van der Waals surface area contributed by atoms with Gasteiger partial charge in [-0.2, -0.15) is 0 Å². The van der Waals surface area contributed by atoms with Gasteiger partial charge in [-0.05, 0) is 17.7 Å². The molecule has 2 aromatic heterocycles. The first-order chi connectivity index (χ1) is 7.36. The van der Waals surface area contributed by atoms with Gasteiger partial charge in [-0.25, -0.2) is 9.97 Å². The Morgan fingerprint density at radius 2 is 1.93 bits per heavy atom. The minimum Gasteiger partial charge on any atom is -0.385 e. The van der Waals surface area contributed by atoms with Gasteiger partial charge in [-0.15, -0.1) is 0 Å². The van der Waals surface area contributed by atoms with Crippen molar-refractivity contribution < 1.29 is 5.11 Å². The zero-order valence-corrected chi connectivity index (χ0v) is 8.11. The van der Waals surface area contributed by atoms with Crippen LogP contribution in [0.25, 0.3) is 0 Å². The van der Waals surface area contributed by atoms with E-state index in [2.05, 4.69) is 15.0 Å². The Balaban J connectivity index is 2.08. The predicted octanol–water partition coefficient (Wildman–Crippen LogP) is 1.15. The molecule has 4 heteroatoms. The van der Waals surface area contributed by atoms with Crippen LogP contribution in [0.1, 0.15) is 17.5 Å². The number of rotatable bonds is 3. The molecule has 0 radical (unpaired) electrons. The van der Waals surface area contributed by atoms with Crippen molar-refractivity contribution in [3.05, 3.63) is 54.4 Å². The maximum atomic E-state index is 9.82. The van der Waals surface area contributed by atoms with E-state index in [9.17, 15) is 5.11 Å². The second-order valence-electron chi connectivity index (χ2n) is 3.19. The summed E-state index contributed by atoms with van der Waals surface area (Å²) >= 11 is 0. The highest BCUT2D eigenvalue weighted by Crippen LogP contribution is 2.12. The first kappa shape index (κ1) is 9.73. The third-order valence-electron chi connectivity index (χ3n) is 2.04. The van der Waals surface area contributed by atoms with Crippen molar-refractivity contribution in [1.82, 2.24) is 15.0 Å². The van der Waals surface area contributed by atoms with Crippen LogP contribution in [0.15, 0.2) is 43.0 Å². The van der Waals surface area contributed by atoms with Crippen LogP contribution in [0.2, 0.25) is 0 Å². The highest BCUT2D eigenvalue weighted by molar-refractivity contribution is 5.11. The number of pyridine rings is 1. The Hall–Kier alpha value is -1.81.